The number of carboxylic acid groups (broad SMARTS) is 1. The minimum absolute atomic E-state index is 0.0516. The summed E-state index contributed by atoms with van der Waals surface area (Å²) in [6.45, 7) is 0. The van der Waals surface area contributed by atoms with Crippen molar-refractivity contribution < 1.29 is 23.8 Å². The van der Waals surface area contributed by atoms with E-state index in [0.29, 0.717) is 11.1 Å². The van der Waals surface area contributed by atoms with Crippen LogP contribution in [0.15, 0.2) is 78.5 Å². The molecule has 0 aliphatic heterocycles. The number of benzene rings is 3. The molecule has 7 heteroatoms. The lowest BCUT2D eigenvalue weighted by atomic mass is 10.1. The van der Waals surface area contributed by atoms with Crippen LogP contribution in [0.5, 0.6) is 11.5 Å². The maximum atomic E-state index is 13.9. The molecule has 1 amide bonds. The molecular weight excluding hydrogens is 387 g/mol. The Labute approximate surface area is 171 Å². The lowest BCUT2D eigenvalue weighted by Crippen LogP contribution is -2.27. The fourth-order valence-electron chi connectivity index (χ4n) is 2.55. The van der Waals surface area contributed by atoms with Crippen molar-refractivity contribution in [2.75, 3.05) is 0 Å². The number of carbonyl (C=O) groups is 2. The molecule has 3 rings (SSSR count). The van der Waals surface area contributed by atoms with Crippen molar-refractivity contribution in [2.24, 2.45) is 0 Å². The third kappa shape index (κ3) is 4.88. The number of ether oxygens (including phenoxy) is 1. The van der Waals surface area contributed by atoms with Gasteiger partial charge in [0.25, 0.3) is 5.91 Å². The molecule has 0 aromatic heterocycles. The number of carboxylic acids is 1. The Kier molecular flexibility index (Phi) is 6.20. The third-order valence-electron chi connectivity index (χ3n) is 4.01. The Balaban J connectivity index is 1.79. The molecule has 30 heavy (non-hydrogen) atoms. The largest absolute Gasteiger partial charge is 0.477 e. The molecule has 0 saturated carbocycles. The molecule has 6 nitrogen and oxygen atoms in total. The number of halogens is 1. The van der Waals surface area contributed by atoms with Gasteiger partial charge in [0.2, 0.25) is 0 Å². The van der Waals surface area contributed by atoms with Crippen molar-refractivity contribution in [3.05, 3.63) is 101 Å². The summed E-state index contributed by atoms with van der Waals surface area (Å²) in [5, 5.41) is 20.8. The maximum Gasteiger partial charge on any atom is 0.352 e. The summed E-state index contributed by atoms with van der Waals surface area (Å²) in [4.78, 5) is 23.7. The first-order chi connectivity index (χ1) is 14.5. The van der Waals surface area contributed by atoms with E-state index in [0.717, 1.165) is 0 Å². The molecule has 0 aliphatic carbocycles. The number of aliphatic carboxylic acids is 1. The van der Waals surface area contributed by atoms with Crippen molar-refractivity contribution in [1.82, 2.24) is 5.32 Å². The lowest BCUT2D eigenvalue weighted by molar-refractivity contribution is -0.132. The number of nitrogens with one attached hydrogen (secondary N) is 1. The highest BCUT2D eigenvalue weighted by Gasteiger charge is 2.14. The number of nitrogens with zero attached hydrogens (tertiary/aromatic N) is 1. The minimum Gasteiger partial charge on any atom is -0.477 e. The van der Waals surface area contributed by atoms with Crippen LogP contribution in [0.4, 0.5) is 4.39 Å². The van der Waals surface area contributed by atoms with Crippen LogP contribution in [-0.4, -0.2) is 17.0 Å². The zero-order chi connectivity index (χ0) is 21.5. The fourth-order valence-corrected chi connectivity index (χ4v) is 2.55. The van der Waals surface area contributed by atoms with Crippen LogP contribution in [0.25, 0.3) is 6.08 Å². The van der Waals surface area contributed by atoms with E-state index < -0.39 is 17.7 Å². The summed E-state index contributed by atoms with van der Waals surface area (Å²) in [6.07, 6.45) is 1.29. The van der Waals surface area contributed by atoms with Crippen LogP contribution < -0.4 is 10.1 Å². The van der Waals surface area contributed by atoms with Crippen LogP contribution in [0, 0.1) is 17.1 Å². The van der Waals surface area contributed by atoms with Gasteiger partial charge in [0.1, 0.15) is 17.5 Å². The topological polar surface area (TPSA) is 99.4 Å². The van der Waals surface area contributed by atoms with E-state index in [1.807, 2.05) is 6.07 Å². The number of para-hydroxylation sites is 1. The van der Waals surface area contributed by atoms with Crippen LogP contribution in [0.2, 0.25) is 0 Å². The molecule has 0 aliphatic rings. The molecule has 0 heterocycles. The molecule has 0 fully saturated rings. The smallest absolute Gasteiger partial charge is 0.352 e. The Hall–Kier alpha value is -4.44. The summed E-state index contributed by atoms with van der Waals surface area (Å²) in [5.74, 6) is -2.45. The Bertz CT molecular complexity index is 1150. The number of amides is 1. The van der Waals surface area contributed by atoms with Crippen LogP contribution in [-0.2, 0) is 4.79 Å². The van der Waals surface area contributed by atoms with E-state index in [2.05, 4.69) is 5.32 Å². The molecule has 0 atom stereocenters. The molecule has 3 aromatic rings. The lowest BCUT2D eigenvalue weighted by Gasteiger charge is -2.09. The summed E-state index contributed by atoms with van der Waals surface area (Å²) in [7, 11) is 0. The Morgan fingerprint density at radius 1 is 1.00 bits per heavy atom. The average Bonchev–Trinajstić information content (AvgIpc) is 2.76. The van der Waals surface area contributed by atoms with Crippen molar-refractivity contribution >= 4 is 18.0 Å². The zero-order valence-electron chi connectivity index (χ0n) is 15.5. The van der Waals surface area contributed by atoms with E-state index in [1.165, 1.54) is 36.4 Å². The molecular formula is C23H15FN2O4. The molecule has 0 spiro atoms. The summed E-state index contributed by atoms with van der Waals surface area (Å²) in [6, 6.07) is 20.2. The van der Waals surface area contributed by atoms with Gasteiger partial charge in [-0.2, -0.15) is 5.26 Å². The molecule has 0 bridgehead atoms. The Morgan fingerprint density at radius 3 is 2.33 bits per heavy atom. The van der Waals surface area contributed by atoms with E-state index in [-0.39, 0.29) is 22.8 Å². The van der Waals surface area contributed by atoms with Crippen LogP contribution >= 0.6 is 0 Å². The van der Waals surface area contributed by atoms with Gasteiger partial charge < -0.3 is 15.2 Å². The second kappa shape index (κ2) is 9.17. The number of carbonyl (C=O) groups excluding carboxylic acids is 1. The van der Waals surface area contributed by atoms with Gasteiger partial charge in [0.05, 0.1) is 5.56 Å². The first-order valence-electron chi connectivity index (χ1n) is 8.76. The van der Waals surface area contributed by atoms with E-state index in [1.54, 1.807) is 42.5 Å². The molecule has 2 N–H and O–H groups in total. The number of hydrogen-bond donors (Lipinski definition) is 2. The number of rotatable bonds is 6. The van der Waals surface area contributed by atoms with E-state index in [4.69, 9.17) is 10.00 Å². The highest BCUT2D eigenvalue weighted by molar-refractivity contribution is 6.02. The predicted octanol–water partition coefficient (Wildman–Crippen LogP) is 4.35. The van der Waals surface area contributed by atoms with Gasteiger partial charge in [-0.15, -0.1) is 0 Å². The fraction of sp³-hybridized carbons (Fsp3) is 0. The highest BCUT2D eigenvalue weighted by atomic mass is 19.1. The van der Waals surface area contributed by atoms with Gasteiger partial charge in [-0.25, -0.2) is 9.18 Å². The van der Waals surface area contributed by atoms with Gasteiger partial charge >= 0.3 is 5.97 Å². The van der Waals surface area contributed by atoms with Gasteiger partial charge in [-0.05, 0) is 48.0 Å². The molecule has 148 valence electrons. The monoisotopic (exact) mass is 402 g/mol. The van der Waals surface area contributed by atoms with Crippen molar-refractivity contribution in [2.45, 2.75) is 0 Å². The normalized spacial score (nSPS) is 10.7. The summed E-state index contributed by atoms with van der Waals surface area (Å²) >= 11 is 0. The summed E-state index contributed by atoms with van der Waals surface area (Å²) < 4.78 is 19.4. The van der Waals surface area contributed by atoms with Gasteiger partial charge in [-0.1, -0.05) is 36.4 Å². The zero-order valence-corrected chi connectivity index (χ0v) is 15.5. The second-order valence-corrected chi connectivity index (χ2v) is 6.08. The number of hydrogen-bond acceptors (Lipinski definition) is 4. The van der Waals surface area contributed by atoms with Gasteiger partial charge in [0, 0.05) is 5.56 Å². The average molecular weight is 402 g/mol. The van der Waals surface area contributed by atoms with Crippen molar-refractivity contribution in [1.29, 1.82) is 5.26 Å². The summed E-state index contributed by atoms with van der Waals surface area (Å²) in [5.41, 5.74) is 0.544. The van der Waals surface area contributed by atoms with Crippen LogP contribution in [0.3, 0.4) is 0 Å². The van der Waals surface area contributed by atoms with Crippen LogP contribution in [0.1, 0.15) is 21.5 Å². The third-order valence-corrected chi connectivity index (χ3v) is 4.01. The van der Waals surface area contributed by atoms with Crippen molar-refractivity contribution in [3.63, 3.8) is 0 Å². The van der Waals surface area contributed by atoms with Gasteiger partial charge in [0.15, 0.2) is 11.6 Å². The second-order valence-electron chi connectivity index (χ2n) is 6.08. The molecule has 0 unspecified atom stereocenters. The predicted molar refractivity (Wildman–Crippen MR) is 107 cm³/mol. The minimum atomic E-state index is -1.30. The first-order valence-corrected chi connectivity index (χ1v) is 8.76. The highest BCUT2D eigenvalue weighted by Crippen LogP contribution is 2.28. The van der Waals surface area contributed by atoms with Gasteiger partial charge in [-0.3, -0.25) is 4.79 Å². The molecule has 0 saturated heterocycles. The standard InChI is InChI=1S/C23H15FN2O4/c24-19-8-4-7-17(14-25)21(19)30-18-11-9-15(10-12-18)13-20(23(28)29)26-22(27)16-5-2-1-3-6-16/h1-13H,(H,26,27)(H,28,29)/b20-13-. The Morgan fingerprint density at radius 2 is 1.70 bits per heavy atom. The number of nitriles is 1. The van der Waals surface area contributed by atoms with Crippen molar-refractivity contribution in [3.8, 4) is 17.6 Å². The quantitative estimate of drug-likeness (QED) is 0.598. The SMILES string of the molecule is N#Cc1cccc(F)c1Oc1ccc(/C=C(\NC(=O)c2ccccc2)C(=O)O)cc1. The molecule has 3 aromatic carbocycles. The van der Waals surface area contributed by atoms with E-state index >= 15 is 0 Å². The first kappa shape index (κ1) is 20.3. The maximum absolute atomic E-state index is 13.9. The van der Waals surface area contributed by atoms with E-state index in [9.17, 15) is 19.1 Å². The molecule has 0 radical (unpaired) electrons.